The molecule has 2 amide bonds. The molecule has 1 saturated heterocycles. The minimum atomic E-state index is -0.344. The van der Waals surface area contributed by atoms with Crippen molar-refractivity contribution in [2.24, 2.45) is 11.8 Å². The van der Waals surface area contributed by atoms with Gasteiger partial charge in [-0.3, -0.25) is 14.4 Å². The summed E-state index contributed by atoms with van der Waals surface area (Å²) in [5.41, 5.74) is 1.16. The van der Waals surface area contributed by atoms with Gasteiger partial charge in [-0.15, -0.1) is 0 Å². The predicted octanol–water partition coefficient (Wildman–Crippen LogP) is 2.13. The summed E-state index contributed by atoms with van der Waals surface area (Å²) in [7, 11) is 3.07. The molecule has 0 bridgehead atoms. The number of amides is 2. The highest BCUT2D eigenvalue weighted by atomic mass is 16.5. The molecule has 6 nitrogen and oxygen atoms in total. The molecule has 6 heteroatoms. The molecule has 1 aromatic rings. The summed E-state index contributed by atoms with van der Waals surface area (Å²) in [6.07, 6.45) is 2.59. The van der Waals surface area contributed by atoms with Gasteiger partial charge in [-0.1, -0.05) is 37.3 Å². The van der Waals surface area contributed by atoms with E-state index in [0.29, 0.717) is 38.9 Å². The Labute approximate surface area is 161 Å². The van der Waals surface area contributed by atoms with Crippen molar-refractivity contribution in [3.05, 3.63) is 35.9 Å². The number of carbonyl (C=O) groups is 3. The van der Waals surface area contributed by atoms with Crippen molar-refractivity contribution in [1.29, 1.82) is 0 Å². The summed E-state index contributed by atoms with van der Waals surface area (Å²) in [5, 5.41) is 0. The lowest BCUT2D eigenvalue weighted by atomic mass is 9.94. The van der Waals surface area contributed by atoms with Gasteiger partial charge in [0.2, 0.25) is 11.8 Å². The number of aryl methyl sites for hydroxylation is 1. The topological polar surface area (TPSA) is 66.9 Å². The Bertz CT molecular complexity index is 639. The molecule has 0 aromatic heterocycles. The smallest absolute Gasteiger partial charge is 0.310 e. The highest BCUT2D eigenvalue weighted by Gasteiger charge is 2.30. The van der Waals surface area contributed by atoms with Gasteiger partial charge in [0, 0.05) is 39.0 Å². The fraction of sp³-hybridized carbons (Fsp3) is 0.571. The highest BCUT2D eigenvalue weighted by molar-refractivity contribution is 5.81. The molecular formula is C21H30N2O4. The van der Waals surface area contributed by atoms with Crippen LogP contribution >= 0.6 is 0 Å². The summed E-state index contributed by atoms with van der Waals surface area (Å²) < 4.78 is 4.71. The van der Waals surface area contributed by atoms with E-state index in [1.165, 1.54) is 7.11 Å². The van der Waals surface area contributed by atoms with Gasteiger partial charge in [0.05, 0.1) is 13.0 Å². The van der Waals surface area contributed by atoms with E-state index in [1.54, 1.807) is 18.9 Å². The van der Waals surface area contributed by atoms with Crippen molar-refractivity contribution < 1.29 is 19.1 Å². The van der Waals surface area contributed by atoms with Crippen LogP contribution in [0.3, 0.4) is 0 Å². The van der Waals surface area contributed by atoms with E-state index in [0.717, 1.165) is 12.0 Å². The maximum atomic E-state index is 12.6. The average molecular weight is 374 g/mol. The van der Waals surface area contributed by atoms with Crippen molar-refractivity contribution in [1.82, 2.24) is 9.80 Å². The van der Waals surface area contributed by atoms with Crippen molar-refractivity contribution in [2.45, 2.75) is 32.6 Å². The number of esters is 1. The monoisotopic (exact) mass is 374 g/mol. The number of carbonyl (C=O) groups excluding carboxylic acids is 3. The lowest BCUT2D eigenvalue weighted by molar-refractivity contribution is -0.147. The number of methoxy groups -OCH3 is 1. The van der Waals surface area contributed by atoms with Gasteiger partial charge in [-0.25, -0.2) is 0 Å². The first-order chi connectivity index (χ1) is 12.9. The zero-order chi connectivity index (χ0) is 19.8. The molecule has 1 heterocycles. The van der Waals surface area contributed by atoms with E-state index < -0.39 is 0 Å². The van der Waals surface area contributed by atoms with E-state index in [1.807, 2.05) is 35.2 Å². The fourth-order valence-corrected chi connectivity index (χ4v) is 3.52. The van der Waals surface area contributed by atoms with Crippen LogP contribution in [0.1, 0.15) is 31.7 Å². The normalized spacial score (nSPS) is 15.9. The number of ether oxygens (including phenoxy) is 1. The van der Waals surface area contributed by atoms with Gasteiger partial charge in [0.25, 0.3) is 0 Å². The van der Waals surface area contributed by atoms with Crippen LogP contribution in [0.2, 0.25) is 0 Å². The molecule has 0 spiro atoms. The summed E-state index contributed by atoms with van der Waals surface area (Å²) in [6.45, 7) is 3.33. The molecule has 27 heavy (non-hydrogen) atoms. The van der Waals surface area contributed by atoms with Crippen LogP contribution in [-0.4, -0.2) is 61.4 Å². The van der Waals surface area contributed by atoms with Gasteiger partial charge in [-0.05, 0) is 24.8 Å². The second-order valence-electron chi connectivity index (χ2n) is 7.28. The van der Waals surface area contributed by atoms with Crippen LogP contribution in [0.5, 0.6) is 0 Å². The number of hydrogen-bond donors (Lipinski definition) is 0. The summed E-state index contributed by atoms with van der Waals surface area (Å²) in [6, 6.07) is 9.99. The van der Waals surface area contributed by atoms with Gasteiger partial charge >= 0.3 is 5.97 Å². The standard InChI is InChI=1S/C21H30N2O4/c1-16(21(26)27-3)15-22(2)20(25)18-11-13-23(14-12-18)19(24)10-9-17-7-5-4-6-8-17/h4-8,16,18H,9-15H2,1-3H3. The lowest BCUT2D eigenvalue weighted by Gasteiger charge is -2.33. The maximum Gasteiger partial charge on any atom is 0.310 e. The van der Waals surface area contributed by atoms with Crippen LogP contribution in [0.15, 0.2) is 30.3 Å². The van der Waals surface area contributed by atoms with Crippen molar-refractivity contribution in [3.8, 4) is 0 Å². The average Bonchev–Trinajstić information content (AvgIpc) is 2.71. The van der Waals surface area contributed by atoms with E-state index in [2.05, 4.69) is 0 Å². The highest BCUT2D eigenvalue weighted by Crippen LogP contribution is 2.21. The Hall–Kier alpha value is -2.37. The van der Waals surface area contributed by atoms with E-state index in [9.17, 15) is 14.4 Å². The molecule has 1 aliphatic heterocycles. The van der Waals surface area contributed by atoms with Gasteiger partial charge in [-0.2, -0.15) is 0 Å². The quantitative estimate of drug-likeness (QED) is 0.686. The molecular weight excluding hydrogens is 344 g/mol. The molecule has 1 aromatic carbocycles. The Morgan fingerprint density at radius 3 is 2.41 bits per heavy atom. The Balaban J connectivity index is 1.76. The van der Waals surface area contributed by atoms with Gasteiger partial charge < -0.3 is 14.5 Å². The SMILES string of the molecule is COC(=O)C(C)CN(C)C(=O)C1CCN(C(=O)CCc2ccccc2)CC1. The van der Waals surface area contributed by atoms with Crippen LogP contribution < -0.4 is 0 Å². The molecule has 1 fully saturated rings. The van der Waals surface area contributed by atoms with Crippen molar-refractivity contribution in [3.63, 3.8) is 0 Å². The molecule has 0 aliphatic carbocycles. The van der Waals surface area contributed by atoms with Gasteiger partial charge in [0.15, 0.2) is 0 Å². The van der Waals surface area contributed by atoms with Crippen LogP contribution in [-0.2, 0) is 25.5 Å². The molecule has 148 valence electrons. The van der Waals surface area contributed by atoms with Crippen LogP contribution in [0, 0.1) is 11.8 Å². The van der Waals surface area contributed by atoms with Crippen LogP contribution in [0.25, 0.3) is 0 Å². The Kier molecular flexibility index (Phi) is 7.82. The third-order valence-electron chi connectivity index (χ3n) is 5.19. The van der Waals surface area contributed by atoms with Crippen molar-refractivity contribution in [2.75, 3.05) is 33.8 Å². The molecule has 0 N–H and O–H groups in total. The fourth-order valence-electron chi connectivity index (χ4n) is 3.52. The summed E-state index contributed by atoms with van der Waals surface area (Å²) >= 11 is 0. The molecule has 2 rings (SSSR count). The zero-order valence-electron chi connectivity index (χ0n) is 16.5. The molecule has 1 atom stereocenters. The first kappa shape index (κ1) is 20.9. The third-order valence-corrected chi connectivity index (χ3v) is 5.19. The largest absolute Gasteiger partial charge is 0.469 e. The van der Waals surface area contributed by atoms with Gasteiger partial charge in [0.1, 0.15) is 0 Å². The molecule has 0 radical (unpaired) electrons. The number of benzene rings is 1. The first-order valence-corrected chi connectivity index (χ1v) is 9.57. The third kappa shape index (κ3) is 6.08. The summed E-state index contributed by atoms with van der Waals surface area (Å²) in [5.74, 6) is -0.547. The second-order valence-corrected chi connectivity index (χ2v) is 7.28. The van der Waals surface area contributed by atoms with Crippen molar-refractivity contribution >= 4 is 17.8 Å². The first-order valence-electron chi connectivity index (χ1n) is 9.57. The number of rotatable bonds is 7. The van der Waals surface area contributed by atoms with E-state index >= 15 is 0 Å². The molecule has 1 aliphatic rings. The lowest BCUT2D eigenvalue weighted by Crippen LogP contribution is -2.44. The maximum absolute atomic E-state index is 12.6. The van der Waals surface area contributed by atoms with E-state index in [4.69, 9.17) is 4.74 Å². The minimum absolute atomic E-state index is 0.0436. The Morgan fingerprint density at radius 1 is 1.19 bits per heavy atom. The van der Waals surface area contributed by atoms with E-state index in [-0.39, 0.29) is 29.6 Å². The molecule has 0 saturated carbocycles. The van der Waals surface area contributed by atoms with Crippen LogP contribution in [0.4, 0.5) is 0 Å². The zero-order valence-corrected chi connectivity index (χ0v) is 16.5. The predicted molar refractivity (Wildman–Crippen MR) is 103 cm³/mol. The summed E-state index contributed by atoms with van der Waals surface area (Å²) in [4.78, 5) is 40.0. The number of piperidine rings is 1. The number of likely N-dealkylation sites (tertiary alicyclic amines) is 1. The minimum Gasteiger partial charge on any atom is -0.469 e. The number of nitrogens with zero attached hydrogens (tertiary/aromatic N) is 2. The second kappa shape index (κ2) is 10.1. The Morgan fingerprint density at radius 2 is 1.81 bits per heavy atom. The number of hydrogen-bond acceptors (Lipinski definition) is 4. The molecule has 1 unspecified atom stereocenters.